The maximum atomic E-state index is 5.44. The van der Waals surface area contributed by atoms with E-state index in [-0.39, 0.29) is 0 Å². The summed E-state index contributed by atoms with van der Waals surface area (Å²) in [6.45, 7) is 0.787. The molecule has 0 aromatic heterocycles. The summed E-state index contributed by atoms with van der Waals surface area (Å²) >= 11 is 3.47. The van der Waals surface area contributed by atoms with Crippen LogP contribution in [0.25, 0.3) is 0 Å². The molecule has 2 heteroatoms. The van der Waals surface area contributed by atoms with Crippen LogP contribution in [0.2, 0.25) is 0 Å². The van der Waals surface area contributed by atoms with Gasteiger partial charge in [0.25, 0.3) is 0 Å². The minimum Gasteiger partial charge on any atom is -0.330 e. The Labute approximate surface area is 70.1 Å². The van der Waals surface area contributed by atoms with Gasteiger partial charge < -0.3 is 5.73 Å². The molecule has 0 bridgehead atoms. The highest BCUT2D eigenvalue weighted by Crippen LogP contribution is 2.24. The molecule has 0 aromatic carbocycles. The summed E-state index contributed by atoms with van der Waals surface area (Å²) in [5.41, 5.74) is 5.44. The Morgan fingerprint density at radius 1 is 1.70 bits per heavy atom. The Morgan fingerprint density at radius 3 is 3.10 bits per heavy atom. The highest BCUT2D eigenvalue weighted by molar-refractivity contribution is 9.11. The normalized spacial score (nSPS) is 24.6. The first kappa shape index (κ1) is 8.02. The van der Waals surface area contributed by atoms with Crippen LogP contribution in [0.15, 0.2) is 22.7 Å². The van der Waals surface area contributed by atoms with Gasteiger partial charge >= 0.3 is 0 Å². The molecule has 1 rings (SSSR count). The quantitative estimate of drug-likeness (QED) is 0.729. The lowest BCUT2D eigenvalue weighted by molar-refractivity contribution is 0.601. The van der Waals surface area contributed by atoms with Crippen LogP contribution in [-0.2, 0) is 0 Å². The summed E-state index contributed by atoms with van der Waals surface area (Å²) in [5, 5.41) is 0. The van der Waals surface area contributed by atoms with Gasteiger partial charge in [0.05, 0.1) is 0 Å². The van der Waals surface area contributed by atoms with E-state index in [9.17, 15) is 0 Å². The van der Waals surface area contributed by atoms with Gasteiger partial charge in [0.15, 0.2) is 0 Å². The van der Waals surface area contributed by atoms with Crippen molar-refractivity contribution >= 4 is 15.9 Å². The minimum atomic E-state index is 0.657. The topological polar surface area (TPSA) is 26.0 Å². The molecule has 56 valence electrons. The van der Waals surface area contributed by atoms with E-state index < -0.39 is 0 Å². The molecule has 0 heterocycles. The number of nitrogens with two attached hydrogens (primary N) is 1. The Bertz CT molecular complexity index is 161. The molecular formula is C8H12BrN. The number of allylic oxidation sites excluding steroid dienone is 4. The highest BCUT2D eigenvalue weighted by Gasteiger charge is 2.07. The molecule has 0 aliphatic heterocycles. The molecule has 0 amide bonds. The van der Waals surface area contributed by atoms with Gasteiger partial charge in [-0.1, -0.05) is 34.2 Å². The Kier molecular flexibility index (Phi) is 3.16. The second kappa shape index (κ2) is 3.94. The molecule has 1 atom stereocenters. The molecule has 10 heavy (non-hydrogen) atoms. The first-order valence-corrected chi connectivity index (χ1v) is 4.35. The lowest BCUT2D eigenvalue weighted by atomic mass is 9.98. The van der Waals surface area contributed by atoms with Gasteiger partial charge in [-0.2, -0.15) is 0 Å². The van der Waals surface area contributed by atoms with Gasteiger partial charge in [0.1, 0.15) is 0 Å². The van der Waals surface area contributed by atoms with Crippen molar-refractivity contribution in [1.82, 2.24) is 0 Å². The van der Waals surface area contributed by atoms with Gasteiger partial charge in [0, 0.05) is 0 Å². The zero-order valence-electron chi connectivity index (χ0n) is 5.89. The lowest BCUT2D eigenvalue weighted by Crippen LogP contribution is -2.07. The third-order valence-corrected chi connectivity index (χ3v) is 2.24. The monoisotopic (exact) mass is 201 g/mol. The van der Waals surface area contributed by atoms with E-state index in [1.165, 1.54) is 4.48 Å². The van der Waals surface area contributed by atoms with Gasteiger partial charge in [-0.25, -0.2) is 0 Å². The van der Waals surface area contributed by atoms with E-state index >= 15 is 0 Å². The molecule has 1 aliphatic carbocycles. The molecular weight excluding hydrogens is 190 g/mol. The highest BCUT2D eigenvalue weighted by atomic mass is 79.9. The zero-order chi connectivity index (χ0) is 7.40. The number of halogens is 1. The van der Waals surface area contributed by atoms with E-state index in [0.717, 1.165) is 19.4 Å². The van der Waals surface area contributed by atoms with Crippen LogP contribution in [0, 0.1) is 5.92 Å². The molecule has 2 N–H and O–H groups in total. The van der Waals surface area contributed by atoms with Crippen LogP contribution < -0.4 is 5.73 Å². The fourth-order valence-corrected chi connectivity index (χ4v) is 1.68. The fourth-order valence-electron chi connectivity index (χ4n) is 1.12. The summed E-state index contributed by atoms with van der Waals surface area (Å²) in [6, 6.07) is 0. The summed E-state index contributed by atoms with van der Waals surface area (Å²) in [4.78, 5) is 0. The molecule has 0 aromatic rings. The van der Waals surface area contributed by atoms with Crippen molar-refractivity contribution in [3.8, 4) is 0 Å². The summed E-state index contributed by atoms with van der Waals surface area (Å²) in [7, 11) is 0. The van der Waals surface area contributed by atoms with Crippen LogP contribution in [0.1, 0.15) is 12.8 Å². The van der Waals surface area contributed by atoms with Crippen molar-refractivity contribution in [2.75, 3.05) is 6.54 Å². The smallest absolute Gasteiger partial charge is 0.00436 e. The molecule has 0 fully saturated rings. The standard InChI is InChI=1S/C8H12BrN/c9-8-3-1-2-7(6-8)4-5-10/h1-3,7H,4-6,10H2. The van der Waals surface area contributed by atoms with Crippen LogP contribution in [0.4, 0.5) is 0 Å². The van der Waals surface area contributed by atoms with E-state index in [1.807, 2.05) is 0 Å². The van der Waals surface area contributed by atoms with Crippen molar-refractivity contribution in [2.45, 2.75) is 12.8 Å². The molecule has 0 spiro atoms. The second-order valence-electron chi connectivity index (χ2n) is 2.54. The number of hydrogen-bond acceptors (Lipinski definition) is 1. The van der Waals surface area contributed by atoms with Gasteiger partial charge in [0.2, 0.25) is 0 Å². The zero-order valence-corrected chi connectivity index (χ0v) is 7.47. The predicted octanol–water partition coefficient (Wildman–Crippen LogP) is 2.19. The first-order valence-electron chi connectivity index (χ1n) is 3.56. The molecule has 0 saturated heterocycles. The van der Waals surface area contributed by atoms with Crippen LogP contribution in [0.5, 0.6) is 0 Å². The average Bonchev–Trinajstić information content (AvgIpc) is 1.88. The molecule has 1 aliphatic rings. The van der Waals surface area contributed by atoms with E-state index in [1.54, 1.807) is 0 Å². The van der Waals surface area contributed by atoms with Crippen LogP contribution in [-0.4, -0.2) is 6.54 Å². The molecule has 0 saturated carbocycles. The van der Waals surface area contributed by atoms with Crippen LogP contribution in [0.3, 0.4) is 0 Å². The Hall–Kier alpha value is -0.0800. The predicted molar refractivity (Wildman–Crippen MR) is 47.9 cm³/mol. The summed E-state index contributed by atoms with van der Waals surface area (Å²) in [6.07, 6.45) is 8.62. The van der Waals surface area contributed by atoms with Crippen LogP contribution >= 0.6 is 15.9 Å². The maximum absolute atomic E-state index is 5.44. The Morgan fingerprint density at radius 2 is 2.50 bits per heavy atom. The largest absolute Gasteiger partial charge is 0.330 e. The minimum absolute atomic E-state index is 0.657. The molecule has 0 radical (unpaired) electrons. The van der Waals surface area contributed by atoms with E-state index in [0.29, 0.717) is 5.92 Å². The third kappa shape index (κ3) is 2.27. The van der Waals surface area contributed by atoms with Crippen molar-refractivity contribution in [1.29, 1.82) is 0 Å². The number of rotatable bonds is 2. The van der Waals surface area contributed by atoms with Crippen molar-refractivity contribution in [3.63, 3.8) is 0 Å². The third-order valence-electron chi connectivity index (χ3n) is 1.65. The average molecular weight is 202 g/mol. The van der Waals surface area contributed by atoms with Gasteiger partial charge in [-0.15, -0.1) is 0 Å². The van der Waals surface area contributed by atoms with Crippen molar-refractivity contribution < 1.29 is 0 Å². The summed E-state index contributed by atoms with van der Waals surface area (Å²) in [5.74, 6) is 0.657. The van der Waals surface area contributed by atoms with Crippen molar-refractivity contribution in [2.24, 2.45) is 11.7 Å². The second-order valence-corrected chi connectivity index (χ2v) is 3.56. The van der Waals surface area contributed by atoms with Gasteiger partial charge in [-0.05, 0) is 29.8 Å². The maximum Gasteiger partial charge on any atom is -0.00436 e. The SMILES string of the molecule is NCCC1C=CC=C(Br)C1. The molecule has 1 nitrogen and oxygen atoms in total. The fraction of sp³-hybridized carbons (Fsp3) is 0.500. The summed E-state index contributed by atoms with van der Waals surface area (Å²) < 4.78 is 1.29. The lowest BCUT2D eigenvalue weighted by Gasteiger charge is -2.13. The van der Waals surface area contributed by atoms with E-state index in [2.05, 4.69) is 34.2 Å². The number of hydrogen-bond donors (Lipinski definition) is 1. The van der Waals surface area contributed by atoms with Gasteiger partial charge in [-0.3, -0.25) is 0 Å². The Balaban J connectivity index is 2.39. The van der Waals surface area contributed by atoms with Crippen molar-refractivity contribution in [3.05, 3.63) is 22.7 Å². The van der Waals surface area contributed by atoms with E-state index in [4.69, 9.17) is 5.73 Å². The molecule has 1 unspecified atom stereocenters. The first-order chi connectivity index (χ1) is 4.83.